The van der Waals surface area contributed by atoms with E-state index in [4.69, 9.17) is 9.15 Å². The van der Waals surface area contributed by atoms with Crippen molar-refractivity contribution in [3.63, 3.8) is 0 Å². The Bertz CT molecular complexity index is 566. The highest BCUT2D eigenvalue weighted by molar-refractivity contribution is 5.72. The van der Waals surface area contributed by atoms with Crippen LogP contribution in [0.25, 0.3) is 11.1 Å². The lowest BCUT2D eigenvalue weighted by Crippen LogP contribution is -2.41. The topological polar surface area (TPSA) is 56.4 Å². The first-order valence-corrected chi connectivity index (χ1v) is 5.75. The Morgan fingerprint density at radius 1 is 1.41 bits per heavy atom. The molecule has 2 aromatic rings. The Labute approximate surface area is 98.0 Å². The van der Waals surface area contributed by atoms with Crippen molar-refractivity contribution in [2.75, 3.05) is 19.7 Å². The largest absolute Gasteiger partial charge is 0.420 e. The van der Waals surface area contributed by atoms with E-state index < -0.39 is 0 Å². The molecule has 1 aromatic carbocycles. The van der Waals surface area contributed by atoms with Crippen LogP contribution < -0.4 is 11.1 Å². The fraction of sp³-hybridized carbons (Fsp3) is 0.417. The summed E-state index contributed by atoms with van der Waals surface area (Å²) in [5, 5.41) is 3.24. The molecule has 1 aliphatic heterocycles. The van der Waals surface area contributed by atoms with Gasteiger partial charge in [0, 0.05) is 13.1 Å². The number of para-hydroxylation sites is 2. The molecule has 90 valence electrons. The minimum absolute atomic E-state index is 0.0301. The van der Waals surface area contributed by atoms with Crippen LogP contribution in [0, 0.1) is 0 Å². The lowest BCUT2D eigenvalue weighted by Gasteiger charge is -2.23. The summed E-state index contributed by atoms with van der Waals surface area (Å²) in [5.41, 5.74) is 1.45. The van der Waals surface area contributed by atoms with Gasteiger partial charge in [0.05, 0.1) is 24.8 Å². The Kier molecular flexibility index (Phi) is 2.70. The van der Waals surface area contributed by atoms with Crippen molar-refractivity contribution in [3.05, 3.63) is 34.8 Å². The van der Waals surface area contributed by atoms with Crippen LogP contribution in [0.3, 0.4) is 0 Å². The quantitative estimate of drug-likeness (QED) is 0.826. The molecule has 1 saturated heterocycles. The van der Waals surface area contributed by atoms with Crippen molar-refractivity contribution in [3.8, 4) is 0 Å². The van der Waals surface area contributed by atoms with Crippen molar-refractivity contribution in [2.45, 2.75) is 12.6 Å². The van der Waals surface area contributed by atoms with Gasteiger partial charge in [-0.25, -0.2) is 4.79 Å². The van der Waals surface area contributed by atoms with Crippen LogP contribution in [-0.4, -0.2) is 30.4 Å². The fourth-order valence-electron chi connectivity index (χ4n) is 2.13. The minimum atomic E-state index is -0.319. The molecule has 0 spiro atoms. The number of oxazole rings is 1. The number of ether oxygens (including phenoxy) is 1. The van der Waals surface area contributed by atoms with E-state index in [0.29, 0.717) is 18.7 Å². The van der Waals surface area contributed by atoms with Gasteiger partial charge in [-0.2, -0.15) is 0 Å². The van der Waals surface area contributed by atoms with Crippen LogP contribution in [-0.2, 0) is 11.3 Å². The summed E-state index contributed by atoms with van der Waals surface area (Å²) >= 11 is 0. The van der Waals surface area contributed by atoms with E-state index in [-0.39, 0.29) is 11.9 Å². The first-order chi connectivity index (χ1) is 8.34. The van der Waals surface area contributed by atoms with Crippen LogP contribution >= 0.6 is 0 Å². The number of fused-ring (bicyclic) bond motifs is 1. The number of rotatable bonds is 2. The molecule has 1 unspecified atom stereocenters. The van der Waals surface area contributed by atoms with E-state index in [1.807, 2.05) is 18.2 Å². The molecule has 1 atom stereocenters. The molecule has 5 heteroatoms. The van der Waals surface area contributed by atoms with Gasteiger partial charge in [-0.05, 0) is 12.1 Å². The van der Waals surface area contributed by atoms with Gasteiger partial charge in [-0.1, -0.05) is 12.1 Å². The highest BCUT2D eigenvalue weighted by Gasteiger charge is 2.17. The third kappa shape index (κ3) is 1.99. The molecule has 3 rings (SSSR count). The molecular formula is C12H14N2O3. The SMILES string of the molecule is O=c1oc2ccccc2n1CC1CNCCO1. The lowest BCUT2D eigenvalue weighted by atomic mass is 10.3. The van der Waals surface area contributed by atoms with Crippen molar-refractivity contribution in [1.82, 2.24) is 9.88 Å². The van der Waals surface area contributed by atoms with Gasteiger partial charge in [-0.3, -0.25) is 4.57 Å². The first kappa shape index (κ1) is 10.6. The van der Waals surface area contributed by atoms with E-state index in [1.54, 1.807) is 10.6 Å². The molecule has 0 aliphatic carbocycles. The maximum Gasteiger partial charge on any atom is 0.420 e. The van der Waals surface area contributed by atoms with Gasteiger partial charge in [0.15, 0.2) is 5.58 Å². The van der Waals surface area contributed by atoms with Crippen LogP contribution in [0.15, 0.2) is 33.5 Å². The number of nitrogens with zero attached hydrogens (tertiary/aromatic N) is 1. The average Bonchev–Trinajstić information content (AvgIpc) is 2.68. The maximum atomic E-state index is 11.7. The number of hydrogen-bond acceptors (Lipinski definition) is 4. The lowest BCUT2D eigenvalue weighted by molar-refractivity contribution is 0.0178. The Morgan fingerprint density at radius 2 is 2.29 bits per heavy atom. The molecule has 1 aromatic heterocycles. The van der Waals surface area contributed by atoms with Gasteiger partial charge in [-0.15, -0.1) is 0 Å². The van der Waals surface area contributed by atoms with Gasteiger partial charge < -0.3 is 14.5 Å². The molecule has 0 radical (unpaired) electrons. The summed E-state index contributed by atoms with van der Waals surface area (Å²) < 4.78 is 12.4. The maximum absolute atomic E-state index is 11.7. The van der Waals surface area contributed by atoms with Crippen molar-refractivity contribution < 1.29 is 9.15 Å². The molecule has 1 aliphatic rings. The predicted molar refractivity (Wildman–Crippen MR) is 63.1 cm³/mol. The second kappa shape index (κ2) is 4.35. The fourth-order valence-corrected chi connectivity index (χ4v) is 2.13. The van der Waals surface area contributed by atoms with E-state index in [9.17, 15) is 4.79 Å². The Morgan fingerprint density at radius 3 is 3.12 bits per heavy atom. The minimum Gasteiger partial charge on any atom is -0.408 e. The number of nitrogens with one attached hydrogen (secondary N) is 1. The number of morpholine rings is 1. The molecule has 5 nitrogen and oxygen atoms in total. The number of hydrogen-bond donors (Lipinski definition) is 1. The van der Waals surface area contributed by atoms with Crippen molar-refractivity contribution >= 4 is 11.1 Å². The Hall–Kier alpha value is -1.59. The van der Waals surface area contributed by atoms with Crippen LogP contribution in [0.4, 0.5) is 0 Å². The second-order valence-corrected chi connectivity index (χ2v) is 4.14. The van der Waals surface area contributed by atoms with E-state index >= 15 is 0 Å². The van der Waals surface area contributed by atoms with Crippen molar-refractivity contribution in [2.24, 2.45) is 0 Å². The summed E-state index contributed by atoms with van der Waals surface area (Å²) in [5.74, 6) is -0.319. The highest BCUT2D eigenvalue weighted by Crippen LogP contribution is 2.12. The number of aromatic nitrogens is 1. The molecule has 17 heavy (non-hydrogen) atoms. The third-order valence-corrected chi connectivity index (χ3v) is 2.96. The molecule has 0 amide bonds. The van der Waals surface area contributed by atoms with Gasteiger partial charge >= 0.3 is 5.76 Å². The van der Waals surface area contributed by atoms with Gasteiger partial charge in [0.2, 0.25) is 0 Å². The molecular weight excluding hydrogens is 220 g/mol. The van der Waals surface area contributed by atoms with Gasteiger partial charge in [0.1, 0.15) is 0 Å². The summed E-state index contributed by atoms with van der Waals surface area (Å²) in [6.07, 6.45) is 0.0301. The zero-order chi connectivity index (χ0) is 11.7. The van der Waals surface area contributed by atoms with Gasteiger partial charge in [0.25, 0.3) is 0 Å². The zero-order valence-electron chi connectivity index (χ0n) is 9.39. The third-order valence-electron chi connectivity index (χ3n) is 2.96. The van der Waals surface area contributed by atoms with Crippen LogP contribution in [0.1, 0.15) is 0 Å². The number of benzene rings is 1. The smallest absolute Gasteiger partial charge is 0.408 e. The standard InChI is InChI=1S/C12H14N2O3/c15-12-14(8-9-7-13-5-6-16-9)10-3-1-2-4-11(10)17-12/h1-4,9,13H,5-8H2. The summed E-state index contributed by atoms with van der Waals surface area (Å²) in [6, 6.07) is 7.44. The van der Waals surface area contributed by atoms with Crippen LogP contribution in [0.2, 0.25) is 0 Å². The van der Waals surface area contributed by atoms with E-state index in [1.165, 1.54) is 0 Å². The van der Waals surface area contributed by atoms with E-state index in [2.05, 4.69) is 5.32 Å². The normalized spacial score (nSPS) is 20.8. The molecule has 2 heterocycles. The highest BCUT2D eigenvalue weighted by atomic mass is 16.5. The van der Waals surface area contributed by atoms with Crippen LogP contribution in [0.5, 0.6) is 0 Å². The second-order valence-electron chi connectivity index (χ2n) is 4.14. The molecule has 1 fully saturated rings. The van der Waals surface area contributed by atoms with E-state index in [0.717, 1.165) is 18.6 Å². The summed E-state index contributed by atoms with van der Waals surface area (Å²) in [4.78, 5) is 11.7. The predicted octanol–water partition coefficient (Wildman–Crippen LogP) is 0.583. The molecule has 1 N–H and O–H groups in total. The zero-order valence-corrected chi connectivity index (χ0v) is 9.39. The molecule has 0 bridgehead atoms. The monoisotopic (exact) mass is 234 g/mol. The molecule has 0 saturated carbocycles. The summed E-state index contributed by atoms with van der Waals surface area (Å²) in [6.45, 7) is 2.86. The first-order valence-electron chi connectivity index (χ1n) is 5.75. The average molecular weight is 234 g/mol. The van der Waals surface area contributed by atoms with Crippen molar-refractivity contribution in [1.29, 1.82) is 0 Å². The summed E-state index contributed by atoms with van der Waals surface area (Å²) in [7, 11) is 0. The Balaban J connectivity index is 1.93.